The molecule has 0 spiro atoms. The van der Waals surface area contributed by atoms with Gasteiger partial charge >= 0.3 is 5.97 Å². The Morgan fingerprint density at radius 3 is 1.09 bits per heavy atom. The normalized spacial score (nSPS) is 12.7. The number of hydrogen-bond donors (Lipinski definition) is 3. The van der Waals surface area contributed by atoms with Crippen LogP contribution in [0.25, 0.3) is 0 Å². The summed E-state index contributed by atoms with van der Waals surface area (Å²) >= 11 is 0. The number of aliphatic hydroxyl groups is 2. The molecule has 0 bridgehead atoms. The van der Waals surface area contributed by atoms with E-state index in [0.29, 0.717) is 19.4 Å². The molecule has 0 fully saturated rings. The third-order valence-corrected chi connectivity index (χ3v) is 13.5. The van der Waals surface area contributed by atoms with Gasteiger partial charge in [0.15, 0.2) is 0 Å². The van der Waals surface area contributed by atoms with Crippen molar-refractivity contribution in [2.24, 2.45) is 0 Å². The van der Waals surface area contributed by atoms with Gasteiger partial charge in [0.2, 0.25) is 5.91 Å². The quantitative estimate of drug-likeness (QED) is 0.0321. The van der Waals surface area contributed by atoms with Crippen LogP contribution in [0, 0.1) is 0 Å². The van der Waals surface area contributed by atoms with Gasteiger partial charge in [-0.15, -0.1) is 0 Å². The Bertz CT molecular complexity index is 1010. The minimum atomic E-state index is -0.849. The first-order valence-electron chi connectivity index (χ1n) is 29.1. The van der Waals surface area contributed by atoms with Gasteiger partial charge in [-0.2, -0.15) is 0 Å². The monoisotopic (exact) mass is 916 g/mol. The summed E-state index contributed by atoms with van der Waals surface area (Å²) in [5, 5.41) is 23.1. The zero-order chi connectivity index (χ0) is 47.2. The molecule has 0 aliphatic rings. The van der Waals surface area contributed by atoms with E-state index in [4.69, 9.17) is 4.74 Å². The number of allylic oxidation sites excluding steroid dienone is 3. The molecule has 0 rings (SSSR count). The van der Waals surface area contributed by atoms with Gasteiger partial charge in [0.1, 0.15) is 0 Å². The number of unbranched alkanes of at least 4 members (excludes halogenated alkanes) is 41. The number of amides is 1. The molecule has 0 aliphatic heterocycles. The number of esters is 1. The van der Waals surface area contributed by atoms with E-state index in [-0.39, 0.29) is 18.5 Å². The standard InChI is InChI=1S/C59H113NO5/c1-3-5-7-9-11-13-15-17-19-20-21-24-27-31-35-39-43-47-51-57(62)56(55-61)60-58(63)52-48-44-40-36-32-28-25-22-23-26-30-34-38-42-46-50-54-65-59(64)53-49-45-41-37-33-29-18-16-14-12-10-8-6-4-2/h16,18,47,51,56-57,61-62H,3-15,17,19-46,48-50,52-55H2,1-2H3,(H,60,63)/b18-16-,51-47+. The van der Waals surface area contributed by atoms with E-state index in [0.717, 1.165) is 44.9 Å². The summed E-state index contributed by atoms with van der Waals surface area (Å²) in [7, 11) is 0. The van der Waals surface area contributed by atoms with E-state index in [9.17, 15) is 19.8 Å². The fraction of sp³-hybridized carbons (Fsp3) is 0.898. The number of nitrogens with one attached hydrogen (secondary N) is 1. The molecule has 0 saturated heterocycles. The smallest absolute Gasteiger partial charge is 0.305 e. The number of carbonyl (C=O) groups excluding carboxylic acids is 2. The van der Waals surface area contributed by atoms with Crippen molar-refractivity contribution in [2.75, 3.05) is 13.2 Å². The molecule has 65 heavy (non-hydrogen) atoms. The lowest BCUT2D eigenvalue weighted by atomic mass is 10.0. The summed E-state index contributed by atoms with van der Waals surface area (Å²) in [5.74, 6) is -0.0790. The molecule has 3 N–H and O–H groups in total. The maximum Gasteiger partial charge on any atom is 0.305 e. The van der Waals surface area contributed by atoms with Crippen LogP contribution >= 0.6 is 0 Å². The molecule has 6 nitrogen and oxygen atoms in total. The number of rotatable bonds is 54. The van der Waals surface area contributed by atoms with Gasteiger partial charge in [-0.1, -0.05) is 269 Å². The third-order valence-electron chi connectivity index (χ3n) is 13.5. The predicted molar refractivity (Wildman–Crippen MR) is 283 cm³/mol. The molecule has 384 valence electrons. The highest BCUT2D eigenvalue weighted by atomic mass is 16.5. The minimum absolute atomic E-state index is 0.00609. The second kappa shape index (κ2) is 54.9. The van der Waals surface area contributed by atoms with Crippen LogP contribution in [-0.2, 0) is 14.3 Å². The number of ether oxygens (including phenoxy) is 1. The highest BCUT2D eigenvalue weighted by Gasteiger charge is 2.18. The first kappa shape index (κ1) is 63.3. The van der Waals surface area contributed by atoms with E-state index in [1.807, 2.05) is 6.08 Å². The molecule has 0 saturated carbocycles. The Morgan fingerprint density at radius 2 is 0.723 bits per heavy atom. The SMILES string of the molecule is CCCCCCC/C=C\CCCCCCCC(=O)OCCCCCCCCCCCCCCCCCCC(=O)NC(CO)C(O)/C=C/CCCCCCCCCCCCCCCCCC. The Morgan fingerprint density at radius 1 is 0.415 bits per heavy atom. The van der Waals surface area contributed by atoms with E-state index in [1.54, 1.807) is 6.08 Å². The minimum Gasteiger partial charge on any atom is -0.466 e. The average molecular weight is 917 g/mol. The second-order valence-corrected chi connectivity index (χ2v) is 20.0. The van der Waals surface area contributed by atoms with Gasteiger partial charge in [-0.3, -0.25) is 9.59 Å². The first-order chi connectivity index (χ1) is 32.0. The zero-order valence-electron chi connectivity index (χ0n) is 43.7. The van der Waals surface area contributed by atoms with Crippen LogP contribution in [0.4, 0.5) is 0 Å². The van der Waals surface area contributed by atoms with E-state index in [1.165, 1.54) is 244 Å². The van der Waals surface area contributed by atoms with Gasteiger partial charge in [-0.05, 0) is 57.8 Å². The zero-order valence-corrected chi connectivity index (χ0v) is 43.7. The Balaban J connectivity index is 3.46. The molecular weight excluding hydrogens is 803 g/mol. The molecule has 0 aromatic carbocycles. The summed E-state index contributed by atoms with van der Waals surface area (Å²) in [6.07, 6.45) is 66.2. The van der Waals surface area contributed by atoms with Gasteiger partial charge in [-0.25, -0.2) is 0 Å². The van der Waals surface area contributed by atoms with Gasteiger partial charge < -0.3 is 20.3 Å². The van der Waals surface area contributed by atoms with Crippen LogP contribution in [0.15, 0.2) is 24.3 Å². The van der Waals surface area contributed by atoms with Crippen LogP contribution in [0.3, 0.4) is 0 Å². The van der Waals surface area contributed by atoms with Crippen LogP contribution in [0.5, 0.6) is 0 Å². The van der Waals surface area contributed by atoms with Crippen molar-refractivity contribution in [2.45, 2.75) is 328 Å². The lowest BCUT2D eigenvalue weighted by Gasteiger charge is -2.20. The molecule has 2 unspecified atom stereocenters. The fourth-order valence-electron chi connectivity index (χ4n) is 8.98. The lowest BCUT2D eigenvalue weighted by molar-refractivity contribution is -0.143. The van der Waals surface area contributed by atoms with Crippen molar-refractivity contribution in [1.29, 1.82) is 0 Å². The van der Waals surface area contributed by atoms with Gasteiger partial charge in [0.05, 0.1) is 25.4 Å². The molecule has 0 aromatic heterocycles. The summed E-state index contributed by atoms with van der Waals surface area (Å²) in [5.41, 5.74) is 0. The Kier molecular flexibility index (Phi) is 53.5. The summed E-state index contributed by atoms with van der Waals surface area (Å²) < 4.78 is 5.47. The largest absolute Gasteiger partial charge is 0.466 e. The van der Waals surface area contributed by atoms with Crippen LogP contribution in [0.1, 0.15) is 316 Å². The Labute approximate surface area is 405 Å². The predicted octanol–water partition coefficient (Wildman–Crippen LogP) is 17.9. The molecule has 6 heteroatoms. The highest BCUT2D eigenvalue weighted by Crippen LogP contribution is 2.17. The fourth-order valence-corrected chi connectivity index (χ4v) is 8.98. The van der Waals surface area contributed by atoms with E-state index >= 15 is 0 Å². The highest BCUT2D eigenvalue weighted by molar-refractivity contribution is 5.76. The molecule has 2 atom stereocenters. The van der Waals surface area contributed by atoms with Crippen LogP contribution < -0.4 is 5.32 Å². The second-order valence-electron chi connectivity index (χ2n) is 20.0. The van der Waals surface area contributed by atoms with Crippen molar-refractivity contribution in [3.05, 3.63) is 24.3 Å². The van der Waals surface area contributed by atoms with Crippen LogP contribution in [0.2, 0.25) is 0 Å². The number of carbonyl (C=O) groups is 2. The van der Waals surface area contributed by atoms with E-state index < -0.39 is 12.1 Å². The Hall–Kier alpha value is -1.66. The summed E-state index contributed by atoms with van der Waals surface area (Å²) in [6.45, 7) is 4.89. The average Bonchev–Trinajstić information content (AvgIpc) is 3.31. The van der Waals surface area contributed by atoms with Crippen molar-refractivity contribution in [3.63, 3.8) is 0 Å². The third kappa shape index (κ3) is 51.6. The lowest BCUT2D eigenvalue weighted by Crippen LogP contribution is -2.45. The van der Waals surface area contributed by atoms with Gasteiger partial charge in [0, 0.05) is 12.8 Å². The molecule has 0 aromatic rings. The number of aliphatic hydroxyl groups excluding tert-OH is 2. The maximum absolute atomic E-state index is 12.5. The van der Waals surface area contributed by atoms with Crippen LogP contribution in [-0.4, -0.2) is 47.4 Å². The van der Waals surface area contributed by atoms with E-state index in [2.05, 4.69) is 31.3 Å². The van der Waals surface area contributed by atoms with Gasteiger partial charge in [0.25, 0.3) is 0 Å². The first-order valence-corrected chi connectivity index (χ1v) is 29.1. The maximum atomic E-state index is 12.5. The topological polar surface area (TPSA) is 95.9 Å². The van der Waals surface area contributed by atoms with Crippen molar-refractivity contribution in [1.82, 2.24) is 5.32 Å². The molecular formula is C59H113NO5. The molecule has 1 amide bonds. The van der Waals surface area contributed by atoms with Crippen molar-refractivity contribution >= 4 is 11.9 Å². The summed E-state index contributed by atoms with van der Waals surface area (Å²) in [6, 6.07) is -0.633. The summed E-state index contributed by atoms with van der Waals surface area (Å²) in [4.78, 5) is 24.5. The van der Waals surface area contributed by atoms with Crippen molar-refractivity contribution in [3.8, 4) is 0 Å². The molecule has 0 aliphatic carbocycles. The molecule has 0 heterocycles. The van der Waals surface area contributed by atoms with Crippen molar-refractivity contribution < 1.29 is 24.5 Å². The number of hydrogen-bond acceptors (Lipinski definition) is 5. The molecule has 0 radical (unpaired) electrons.